The smallest absolute Gasteiger partial charge is 0.214 e. The first kappa shape index (κ1) is 21.6. The van der Waals surface area contributed by atoms with E-state index in [1.165, 1.54) is 16.3 Å². The van der Waals surface area contributed by atoms with Gasteiger partial charge in [-0.2, -0.15) is 0 Å². The third kappa shape index (κ3) is 6.74. The minimum atomic E-state index is -2.94. The van der Waals surface area contributed by atoms with Crippen LogP contribution in [-0.2, 0) is 21.2 Å². The van der Waals surface area contributed by atoms with Gasteiger partial charge < -0.3 is 0 Å². The van der Waals surface area contributed by atoms with Crippen molar-refractivity contribution in [2.24, 2.45) is 5.92 Å². The Morgan fingerprint density at radius 3 is 2.26 bits per heavy atom. The van der Waals surface area contributed by atoms with Crippen LogP contribution in [0.2, 0.25) is 0 Å². The molecule has 0 spiro atoms. The molecule has 3 rings (SSSR count). The maximum absolute atomic E-state index is 11.7. The molecule has 4 nitrogen and oxygen atoms in total. The van der Waals surface area contributed by atoms with Gasteiger partial charge in [-0.05, 0) is 49.4 Å². The molecule has 0 heterocycles. The van der Waals surface area contributed by atoms with E-state index in [4.69, 9.17) is 0 Å². The van der Waals surface area contributed by atoms with E-state index in [1.807, 2.05) is 33.8 Å². The van der Waals surface area contributed by atoms with Crippen LogP contribution in [0.1, 0.15) is 52.5 Å². The summed E-state index contributed by atoms with van der Waals surface area (Å²) in [5, 5.41) is 2.43. The maximum Gasteiger partial charge on any atom is 0.214 e. The first-order chi connectivity index (χ1) is 12.7. The molecule has 0 unspecified atom stereocenters. The van der Waals surface area contributed by atoms with Gasteiger partial charge in [-0.1, -0.05) is 56.3 Å². The van der Waals surface area contributed by atoms with Gasteiger partial charge in [-0.25, -0.2) is 13.1 Å². The van der Waals surface area contributed by atoms with Gasteiger partial charge in [0.05, 0.1) is 5.25 Å². The Bertz CT molecular complexity index is 863. The summed E-state index contributed by atoms with van der Waals surface area (Å²) in [5.74, 6) is 0.489. The lowest BCUT2D eigenvalue weighted by molar-refractivity contribution is -0.121. The molecule has 0 radical (unpaired) electrons. The molecule has 0 bridgehead atoms. The molecule has 5 heteroatoms. The first-order valence-corrected chi connectivity index (χ1v) is 11.3. The second-order valence-electron chi connectivity index (χ2n) is 7.78. The molecule has 0 amide bonds. The highest BCUT2D eigenvalue weighted by molar-refractivity contribution is 7.90. The van der Waals surface area contributed by atoms with E-state index in [0.717, 1.165) is 19.3 Å². The maximum atomic E-state index is 11.7. The molecule has 1 aliphatic rings. The molecular formula is C22H31NO3S. The van der Waals surface area contributed by atoms with Crippen molar-refractivity contribution in [2.45, 2.75) is 64.7 Å². The van der Waals surface area contributed by atoms with E-state index in [2.05, 4.69) is 41.1 Å². The predicted molar refractivity (Wildman–Crippen MR) is 112 cm³/mol. The number of sulfonamides is 1. The predicted octanol–water partition coefficient (Wildman–Crippen LogP) is 4.47. The Hall–Kier alpha value is -1.72. The van der Waals surface area contributed by atoms with Crippen LogP contribution in [0.15, 0.2) is 42.5 Å². The Kier molecular flexibility index (Phi) is 7.57. The number of hydrogen-bond acceptors (Lipinski definition) is 3. The van der Waals surface area contributed by atoms with Gasteiger partial charge in [0.15, 0.2) is 0 Å². The van der Waals surface area contributed by atoms with Gasteiger partial charge in [0, 0.05) is 18.4 Å². The highest BCUT2D eigenvalue weighted by Gasteiger charge is 2.35. The number of Topliss-reactive ketones (excluding diaryl/α,β-unsaturated/α-hetero) is 1. The average Bonchev–Trinajstić information content (AvgIpc) is 3.44. The SMILES string of the molecule is CC(C)C(=O)CCc1cccc2ccccc12.CC(C)NS(=O)(=O)C1CC1. The summed E-state index contributed by atoms with van der Waals surface area (Å²) < 4.78 is 24.7. The number of carbonyl (C=O) groups excluding carboxylic acids is 1. The third-order valence-electron chi connectivity index (χ3n) is 4.53. The fourth-order valence-corrected chi connectivity index (χ4v) is 4.47. The molecule has 1 N–H and O–H groups in total. The van der Waals surface area contributed by atoms with Crippen molar-refractivity contribution >= 4 is 26.6 Å². The van der Waals surface area contributed by atoms with E-state index in [0.29, 0.717) is 12.2 Å². The third-order valence-corrected chi connectivity index (χ3v) is 6.68. The monoisotopic (exact) mass is 389 g/mol. The second kappa shape index (κ2) is 9.47. The summed E-state index contributed by atoms with van der Waals surface area (Å²) in [6.45, 7) is 7.59. The van der Waals surface area contributed by atoms with Crippen molar-refractivity contribution in [1.29, 1.82) is 0 Å². The highest BCUT2D eigenvalue weighted by atomic mass is 32.2. The lowest BCUT2D eigenvalue weighted by Crippen LogP contribution is -2.32. The fraction of sp³-hybridized carbons (Fsp3) is 0.500. The molecule has 148 valence electrons. The van der Waals surface area contributed by atoms with Gasteiger partial charge in [0.2, 0.25) is 10.0 Å². The van der Waals surface area contributed by atoms with Crippen molar-refractivity contribution in [3.63, 3.8) is 0 Å². The van der Waals surface area contributed by atoms with Crippen molar-refractivity contribution < 1.29 is 13.2 Å². The van der Waals surface area contributed by atoms with E-state index >= 15 is 0 Å². The molecule has 1 saturated carbocycles. The van der Waals surface area contributed by atoms with E-state index in [9.17, 15) is 13.2 Å². The summed E-state index contributed by atoms with van der Waals surface area (Å²) >= 11 is 0. The van der Waals surface area contributed by atoms with Gasteiger partial charge in [-0.15, -0.1) is 0 Å². The molecule has 1 fully saturated rings. The number of ketones is 1. The Morgan fingerprint density at radius 2 is 1.67 bits per heavy atom. The summed E-state index contributed by atoms with van der Waals surface area (Å²) in [6, 6.07) is 14.7. The molecule has 2 aromatic carbocycles. The van der Waals surface area contributed by atoms with Crippen molar-refractivity contribution in [2.75, 3.05) is 0 Å². The van der Waals surface area contributed by atoms with Gasteiger partial charge in [0.1, 0.15) is 5.78 Å². The summed E-state index contributed by atoms with van der Waals surface area (Å²) in [6.07, 6.45) is 3.16. The van der Waals surface area contributed by atoms with Crippen LogP contribution in [-0.4, -0.2) is 25.5 Å². The average molecular weight is 390 g/mol. The first-order valence-electron chi connectivity index (χ1n) is 9.71. The van der Waals surface area contributed by atoms with Crippen LogP contribution < -0.4 is 4.72 Å². The fourth-order valence-electron chi connectivity index (χ4n) is 2.86. The molecule has 0 aromatic heterocycles. The normalized spacial score (nSPS) is 14.3. The molecular weight excluding hydrogens is 358 g/mol. The zero-order valence-electron chi connectivity index (χ0n) is 16.7. The summed E-state index contributed by atoms with van der Waals surface area (Å²) in [4.78, 5) is 11.7. The number of carbonyl (C=O) groups is 1. The summed E-state index contributed by atoms with van der Waals surface area (Å²) in [7, 11) is -2.94. The van der Waals surface area contributed by atoms with Gasteiger partial charge >= 0.3 is 0 Å². The zero-order valence-corrected chi connectivity index (χ0v) is 17.6. The second-order valence-corrected chi connectivity index (χ2v) is 9.77. The number of hydrogen-bond donors (Lipinski definition) is 1. The Balaban J connectivity index is 0.000000223. The van der Waals surface area contributed by atoms with Gasteiger partial charge in [-0.3, -0.25) is 4.79 Å². The van der Waals surface area contributed by atoms with Crippen LogP contribution in [0, 0.1) is 5.92 Å². The molecule has 0 saturated heterocycles. The van der Waals surface area contributed by atoms with Gasteiger partial charge in [0.25, 0.3) is 0 Å². The number of nitrogens with one attached hydrogen (secondary N) is 1. The molecule has 0 aliphatic heterocycles. The van der Waals surface area contributed by atoms with Crippen LogP contribution in [0.25, 0.3) is 10.8 Å². The van der Waals surface area contributed by atoms with E-state index in [1.54, 1.807) is 0 Å². The van der Waals surface area contributed by atoms with Crippen molar-refractivity contribution in [1.82, 2.24) is 4.72 Å². The van der Waals surface area contributed by atoms with Crippen molar-refractivity contribution in [3.8, 4) is 0 Å². The number of fused-ring (bicyclic) bond motifs is 1. The standard InChI is InChI=1S/C16H18O.C6H13NO2S/c1-12(2)16(17)11-10-14-8-5-7-13-6-3-4-9-15(13)14;1-5(2)7-10(8,9)6-3-4-6/h3-9,12H,10-11H2,1-2H3;5-7H,3-4H2,1-2H3. The summed E-state index contributed by atoms with van der Waals surface area (Å²) in [5.41, 5.74) is 1.28. The quantitative estimate of drug-likeness (QED) is 0.760. The molecule has 0 atom stereocenters. The van der Waals surface area contributed by atoms with Crippen molar-refractivity contribution in [3.05, 3.63) is 48.0 Å². The number of benzene rings is 2. The largest absolute Gasteiger partial charge is 0.299 e. The number of aryl methyl sites for hydroxylation is 1. The topological polar surface area (TPSA) is 63.2 Å². The lowest BCUT2D eigenvalue weighted by Gasteiger charge is -2.07. The van der Waals surface area contributed by atoms with E-state index < -0.39 is 10.0 Å². The molecule has 1 aliphatic carbocycles. The van der Waals surface area contributed by atoms with Crippen LogP contribution in [0.5, 0.6) is 0 Å². The van der Waals surface area contributed by atoms with Crippen LogP contribution in [0.3, 0.4) is 0 Å². The molecule has 27 heavy (non-hydrogen) atoms. The lowest BCUT2D eigenvalue weighted by atomic mass is 9.97. The Labute approximate surface area is 163 Å². The Morgan fingerprint density at radius 1 is 1.04 bits per heavy atom. The van der Waals surface area contributed by atoms with Crippen LogP contribution in [0.4, 0.5) is 0 Å². The minimum Gasteiger partial charge on any atom is -0.299 e. The van der Waals surface area contributed by atoms with Crippen LogP contribution >= 0.6 is 0 Å². The van der Waals surface area contributed by atoms with E-state index in [-0.39, 0.29) is 17.2 Å². The highest BCUT2D eigenvalue weighted by Crippen LogP contribution is 2.27. The number of rotatable bonds is 7. The molecule has 2 aromatic rings. The zero-order chi connectivity index (χ0) is 20.0. The minimum absolute atomic E-state index is 0.0330.